The number of aromatic nitrogens is 1. The van der Waals surface area contributed by atoms with Crippen molar-refractivity contribution >= 4 is 17.4 Å². The van der Waals surface area contributed by atoms with E-state index in [9.17, 15) is 4.79 Å². The Bertz CT molecular complexity index is 436. The van der Waals surface area contributed by atoms with E-state index >= 15 is 0 Å². The van der Waals surface area contributed by atoms with Crippen molar-refractivity contribution in [2.75, 3.05) is 13.1 Å². The van der Waals surface area contributed by atoms with Crippen LogP contribution in [0.2, 0.25) is 0 Å². The molecule has 5 nitrogen and oxygen atoms in total. The lowest BCUT2D eigenvalue weighted by molar-refractivity contribution is 0.00408. The third kappa shape index (κ3) is 3.93. The normalized spacial score (nSPS) is 17.7. The van der Waals surface area contributed by atoms with Crippen molar-refractivity contribution in [3.63, 3.8) is 0 Å². The van der Waals surface area contributed by atoms with Crippen LogP contribution in [0.25, 0.3) is 0 Å². The summed E-state index contributed by atoms with van der Waals surface area (Å²) in [6.07, 6.45) is 2.60. The Kier molecular flexibility index (Phi) is 4.65. The number of thiazole rings is 1. The van der Waals surface area contributed by atoms with E-state index in [1.165, 1.54) is 0 Å². The molecule has 0 saturated carbocycles. The van der Waals surface area contributed by atoms with E-state index in [0.29, 0.717) is 19.1 Å². The molecule has 0 radical (unpaired) electrons. The lowest BCUT2D eigenvalue weighted by Gasteiger charge is -2.41. The van der Waals surface area contributed by atoms with Crippen molar-refractivity contribution in [3.8, 4) is 0 Å². The van der Waals surface area contributed by atoms with E-state index in [1.54, 1.807) is 16.2 Å². The molecular weight excluding hydrogens is 274 g/mol. The lowest BCUT2D eigenvalue weighted by atomic mass is 10.1. The Morgan fingerprint density at radius 2 is 2.30 bits per heavy atom. The maximum Gasteiger partial charge on any atom is 0.410 e. The van der Waals surface area contributed by atoms with Crippen molar-refractivity contribution in [2.24, 2.45) is 0 Å². The van der Waals surface area contributed by atoms with Crippen LogP contribution < -0.4 is 5.32 Å². The molecule has 1 saturated heterocycles. The third-order valence-corrected chi connectivity index (χ3v) is 4.02. The smallest absolute Gasteiger partial charge is 0.410 e. The summed E-state index contributed by atoms with van der Waals surface area (Å²) in [5.41, 5.74) is -0.428. The quantitative estimate of drug-likeness (QED) is 0.928. The summed E-state index contributed by atoms with van der Waals surface area (Å²) in [6.45, 7) is 9.21. The average Bonchev–Trinajstić information content (AvgIpc) is 2.78. The number of carbonyl (C=O) groups is 1. The number of nitrogens with one attached hydrogen (secondary N) is 1. The summed E-state index contributed by atoms with van der Waals surface area (Å²) in [4.78, 5) is 17.9. The number of hydrogen-bond acceptors (Lipinski definition) is 5. The highest BCUT2D eigenvalue weighted by Crippen LogP contribution is 2.22. The average molecular weight is 297 g/mol. The fraction of sp³-hybridized carbons (Fsp3) is 0.714. The molecule has 2 rings (SSSR count). The molecule has 112 valence electrons. The van der Waals surface area contributed by atoms with Crippen LogP contribution in [0.5, 0.6) is 0 Å². The predicted molar refractivity (Wildman–Crippen MR) is 79.9 cm³/mol. The third-order valence-electron chi connectivity index (χ3n) is 3.13. The molecule has 1 aromatic rings. The van der Waals surface area contributed by atoms with Crippen molar-refractivity contribution in [3.05, 3.63) is 16.6 Å². The van der Waals surface area contributed by atoms with Crippen LogP contribution in [-0.4, -0.2) is 40.7 Å². The number of nitrogens with zero attached hydrogens (tertiary/aromatic N) is 2. The first-order chi connectivity index (χ1) is 9.39. The maximum absolute atomic E-state index is 11.8. The minimum absolute atomic E-state index is 0.224. The van der Waals surface area contributed by atoms with Crippen LogP contribution in [0.15, 0.2) is 11.6 Å². The van der Waals surface area contributed by atoms with Crippen LogP contribution >= 0.6 is 11.3 Å². The second-order valence-electron chi connectivity index (χ2n) is 6.08. The molecule has 1 unspecified atom stereocenters. The SMILES string of the molecule is CCC(NC1CN(C(=O)OC(C)(C)C)C1)c1nccs1. The van der Waals surface area contributed by atoms with Gasteiger partial charge in [0.15, 0.2) is 0 Å². The fourth-order valence-corrected chi connectivity index (χ4v) is 2.90. The Balaban J connectivity index is 1.77. The number of ether oxygens (including phenoxy) is 1. The van der Waals surface area contributed by atoms with Crippen LogP contribution in [0.1, 0.15) is 45.2 Å². The summed E-state index contributed by atoms with van der Waals surface area (Å²) < 4.78 is 5.34. The molecule has 1 aliphatic heterocycles. The van der Waals surface area contributed by atoms with Gasteiger partial charge in [-0.15, -0.1) is 11.3 Å². The molecule has 1 fully saturated rings. The summed E-state index contributed by atoms with van der Waals surface area (Å²) in [6, 6.07) is 0.608. The highest BCUT2D eigenvalue weighted by molar-refractivity contribution is 7.09. The van der Waals surface area contributed by atoms with Crippen molar-refractivity contribution < 1.29 is 9.53 Å². The molecule has 0 bridgehead atoms. The summed E-state index contributed by atoms with van der Waals surface area (Å²) >= 11 is 1.67. The summed E-state index contributed by atoms with van der Waals surface area (Å²) in [5, 5.41) is 6.66. The molecule has 1 N–H and O–H groups in total. The first-order valence-electron chi connectivity index (χ1n) is 7.02. The van der Waals surface area contributed by atoms with Crippen LogP contribution in [0.4, 0.5) is 4.79 Å². The first-order valence-corrected chi connectivity index (χ1v) is 7.90. The zero-order valence-corrected chi connectivity index (χ0v) is 13.4. The van der Waals surface area contributed by atoms with Gasteiger partial charge in [-0.25, -0.2) is 9.78 Å². The molecule has 1 aliphatic rings. The van der Waals surface area contributed by atoms with Crippen LogP contribution in [0, 0.1) is 0 Å². The second-order valence-corrected chi connectivity index (χ2v) is 7.01. The standard InChI is InChI=1S/C14H23N3O2S/c1-5-11(12-15-6-7-20-12)16-10-8-17(9-10)13(18)19-14(2,3)4/h6-7,10-11,16H,5,8-9H2,1-4H3. The Hall–Kier alpha value is -1.14. The first kappa shape index (κ1) is 15.3. The molecular formula is C14H23N3O2S. The zero-order chi connectivity index (χ0) is 14.8. The minimum Gasteiger partial charge on any atom is -0.444 e. The number of hydrogen-bond donors (Lipinski definition) is 1. The van der Waals surface area contributed by atoms with E-state index in [4.69, 9.17) is 4.74 Å². The van der Waals surface area contributed by atoms with Gasteiger partial charge in [0.1, 0.15) is 10.6 Å². The highest BCUT2D eigenvalue weighted by atomic mass is 32.1. The van der Waals surface area contributed by atoms with Gasteiger partial charge in [0.05, 0.1) is 6.04 Å². The molecule has 0 aliphatic carbocycles. The molecule has 1 atom stereocenters. The van der Waals surface area contributed by atoms with Gasteiger partial charge in [-0.2, -0.15) is 0 Å². The van der Waals surface area contributed by atoms with Crippen molar-refractivity contribution in [2.45, 2.75) is 51.8 Å². The van der Waals surface area contributed by atoms with E-state index in [-0.39, 0.29) is 12.1 Å². The molecule has 2 heterocycles. The van der Waals surface area contributed by atoms with Gasteiger partial charge in [0.25, 0.3) is 0 Å². The number of rotatable bonds is 4. The van der Waals surface area contributed by atoms with E-state index < -0.39 is 5.60 Å². The largest absolute Gasteiger partial charge is 0.444 e. The van der Waals surface area contributed by atoms with E-state index in [0.717, 1.165) is 11.4 Å². The fourth-order valence-electron chi connectivity index (χ4n) is 2.11. The van der Waals surface area contributed by atoms with Gasteiger partial charge >= 0.3 is 6.09 Å². The van der Waals surface area contributed by atoms with Crippen LogP contribution in [0.3, 0.4) is 0 Å². The topological polar surface area (TPSA) is 54.5 Å². The van der Waals surface area contributed by atoms with Gasteiger partial charge in [0.2, 0.25) is 0 Å². The molecule has 0 aromatic carbocycles. The monoisotopic (exact) mass is 297 g/mol. The van der Waals surface area contributed by atoms with Gasteiger partial charge in [0, 0.05) is 30.7 Å². The number of likely N-dealkylation sites (tertiary alicyclic amines) is 1. The summed E-state index contributed by atoms with van der Waals surface area (Å²) in [7, 11) is 0. The molecule has 20 heavy (non-hydrogen) atoms. The van der Waals surface area contributed by atoms with Gasteiger partial charge < -0.3 is 15.0 Å². The molecule has 1 aromatic heterocycles. The Labute approximate surface area is 124 Å². The lowest BCUT2D eigenvalue weighted by Crippen LogP contribution is -2.61. The molecule has 1 amide bonds. The minimum atomic E-state index is -0.428. The molecule has 6 heteroatoms. The molecule has 0 spiro atoms. The highest BCUT2D eigenvalue weighted by Gasteiger charge is 2.34. The predicted octanol–water partition coefficient (Wildman–Crippen LogP) is 2.80. The van der Waals surface area contributed by atoms with E-state index in [1.807, 2.05) is 32.3 Å². The second kappa shape index (κ2) is 6.10. The Morgan fingerprint density at radius 1 is 1.60 bits per heavy atom. The Morgan fingerprint density at radius 3 is 2.80 bits per heavy atom. The van der Waals surface area contributed by atoms with Gasteiger partial charge in [-0.1, -0.05) is 6.92 Å². The number of amides is 1. The number of carbonyl (C=O) groups excluding carboxylic acids is 1. The zero-order valence-electron chi connectivity index (χ0n) is 12.5. The summed E-state index contributed by atoms with van der Waals surface area (Å²) in [5.74, 6) is 0. The van der Waals surface area contributed by atoms with Gasteiger partial charge in [-0.05, 0) is 27.2 Å². The maximum atomic E-state index is 11.8. The van der Waals surface area contributed by atoms with Crippen LogP contribution in [-0.2, 0) is 4.74 Å². The van der Waals surface area contributed by atoms with Crippen molar-refractivity contribution in [1.29, 1.82) is 0 Å². The van der Waals surface area contributed by atoms with Gasteiger partial charge in [-0.3, -0.25) is 0 Å². The van der Waals surface area contributed by atoms with E-state index in [2.05, 4.69) is 17.2 Å². The van der Waals surface area contributed by atoms with Crippen molar-refractivity contribution in [1.82, 2.24) is 15.2 Å².